The molecule has 1 saturated heterocycles. The number of carbonyl (C=O) groups excluding carboxylic acids is 1. The normalized spacial score (nSPS) is 18.0. The van der Waals surface area contributed by atoms with E-state index in [-0.39, 0.29) is 18.6 Å². The molecule has 1 atom stereocenters. The molecule has 2 amide bonds. The van der Waals surface area contributed by atoms with Crippen LogP contribution in [0.25, 0.3) is 0 Å². The van der Waals surface area contributed by atoms with Crippen LogP contribution in [0.1, 0.15) is 26.7 Å². The van der Waals surface area contributed by atoms with E-state index in [1.54, 1.807) is 4.90 Å². The Balaban J connectivity index is 2.69. The second-order valence-electron chi connectivity index (χ2n) is 4.51. The Morgan fingerprint density at radius 3 is 2.72 bits per heavy atom. The minimum absolute atomic E-state index is 0.0375. The van der Waals surface area contributed by atoms with Gasteiger partial charge in [0.2, 0.25) is 0 Å². The van der Waals surface area contributed by atoms with E-state index in [2.05, 4.69) is 0 Å². The number of carboxylic acids is 1. The number of aliphatic carboxylic acids is 1. The molecule has 1 rings (SSSR count). The van der Waals surface area contributed by atoms with Crippen LogP contribution in [0.3, 0.4) is 0 Å². The Hall–Kier alpha value is -0.910. The second kappa shape index (κ2) is 7.51. The zero-order chi connectivity index (χ0) is 13.5. The van der Waals surface area contributed by atoms with Crippen molar-refractivity contribution in [3.05, 3.63) is 0 Å². The highest BCUT2D eigenvalue weighted by molar-refractivity contribution is 7.99. The molecule has 0 spiro atoms. The number of urea groups is 1. The van der Waals surface area contributed by atoms with Crippen molar-refractivity contribution in [2.75, 3.05) is 31.1 Å². The van der Waals surface area contributed by atoms with E-state index in [1.165, 1.54) is 4.90 Å². The van der Waals surface area contributed by atoms with Crippen molar-refractivity contribution < 1.29 is 14.7 Å². The van der Waals surface area contributed by atoms with Crippen LogP contribution >= 0.6 is 11.8 Å². The van der Waals surface area contributed by atoms with Crippen LogP contribution in [0, 0.1) is 0 Å². The smallest absolute Gasteiger partial charge is 0.323 e. The molecule has 0 aliphatic carbocycles. The number of carboxylic acid groups (broad SMARTS) is 1. The molecule has 1 aliphatic heterocycles. The lowest BCUT2D eigenvalue weighted by molar-refractivity contribution is -0.138. The molecule has 1 N–H and O–H groups in total. The molecule has 6 heteroatoms. The molecule has 1 unspecified atom stereocenters. The van der Waals surface area contributed by atoms with Crippen LogP contribution in [0.4, 0.5) is 4.79 Å². The van der Waals surface area contributed by atoms with Gasteiger partial charge in [0.25, 0.3) is 0 Å². The van der Waals surface area contributed by atoms with E-state index in [1.807, 2.05) is 25.6 Å². The largest absolute Gasteiger partial charge is 0.480 e. The topological polar surface area (TPSA) is 60.9 Å². The van der Waals surface area contributed by atoms with E-state index >= 15 is 0 Å². The van der Waals surface area contributed by atoms with E-state index in [0.29, 0.717) is 0 Å². The van der Waals surface area contributed by atoms with Gasteiger partial charge in [0.1, 0.15) is 6.54 Å². The molecule has 0 aromatic carbocycles. The van der Waals surface area contributed by atoms with Gasteiger partial charge < -0.3 is 14.9 Å². The summed E-state index contributed by atoms with van der Waals surface area (Å²) in [4.78, 5) is 26.5. The molecule has 1 fully saturated rings. The van der Waals surface area contributed by atoms with Crippen LogP contribution in [0.5, 0.6) is 0 Å². The monoisotopic (exact) mass is 274 g/mol. The number of amides is 2. The Morgan fingerprint density at radius 2 is 2.11 bits per heavy atom. The van der Waals surface area contributed by atoms with Crippen molar-refractivity contribution >= 4 is 23.8 Å². The van der Waals surface area contributed by atoms with Gasteiger partial charge in [-0.25, -0.2) is 4.79 Å². The quantitative estimate of drug-likeness (QED) is 0.848. The Labute approximate surface area is 113 Å². The SMILES string of the molecule is CCC(C)N(CC(=O)O)C(=O)N1CCCSCC1. The van der Waals surface area contributed by atoms with Crippen LogP contribution in [0.2, 0.25) is 0 Å². The van der Waals surface area contributed by atoms with Crippen molar-refractivity contribution in [3.8, 4) is 0 Å². The predicted octanol–water partition coefficient (Wildman–Crippen LogP) is 1.73. The van der Waals surface area contributed by atoms with Crippen molar-refractivity contribution in [1.82, 2.24) is 9.80 Å². The molecule has 0 bridgehead atoms. The summed E-state index contributed by atoms with van der Waals surface area (Å²) >= 11 is 1.85. The van der Waals surface area contributed by atoms with Gasteiger partial charge in [0.05, 0.1) is 0 Å². The van der Waals surface area contributed by atoms with Gasteiger partial charge in [0.15, 0.2) is 0 Å². The van der Waals surface area contributed by atoms with E-state index in [9.17, 15) is 9.59 Å². The summed E-state index contributed by atoms with van der Waals surface area (Å²) < 4.78 is 0. The van der Waals surface area contributed by atoms with E-state index < -0.39 is 5.97 Å². The van der Waals surface area contributed by atoms with Gasteiger partial charge in [-0.3, -0.25) is 4.79 Å². The van der Waals surface area contributed by atoms with E-state index in [4.69, 9.17) is 5.11 Å². The summed E-state index contributed by atoms with van der Waals surface area (Å²) in [5.41, 5.74) is 0. The van der Waals surface area contributed by atoms with Gasteiger partial charge in [-0.1, -0.05) is 6.92 Å². The third-order valence-corrected chi connectivity index (χ3v) is 4.22. The zero-order valence-electron chi connectivity index (χ0n) is 11.1. The molecular formula is C12H22N2O3S. The highest BCUT2D eigenvalue weighted by Gasteiger charge is 2.26. The van der Waals surface area contributed by atoms with Gasteiger partial charge in [0, 0.05) is 24.9 Å². The lowest BCUT2D eigenvalue weighted by atomic mass is 10.2. The summed E-state index contributed by atoms with van der Waals surface area (Å²) in [6, 6.07) is -0.168. The molecule has 0 aromatic rings. The standard InChI is InChI=1S/C12H22N2O3S/c1-3-10(2)14(9-11(15)16)12(17)13-5-4-7-18-8-6-13/h10H,3-9H2,1-2H3,(H,15,16). The number of thioether (sulfide) groups is 1. The Kier molecular flexibility index (Phi) is 6.32. The van der Waals surface area contributed by atoms with Crippen LogP contribution in [-0.2, 0) is 4.79 Å². The summed E-state index contributed by atoms with van der Waals surface area (Å²) in [6.45, 7) is 5.10. The first-order valence-electron chi connectivity index (χ1n) is 6.41. The predicted molar refractivity (Wildman–Crippen MR) is 73.0 cm³/mol. The highest BCUT2D eigenvalue weighted by atomic mass is 32.2. The maximum atomic E-state index is 12.4. The lowest BCUT2D eigenvalue weighted by Gasteiger charge is -2.32. The zero-order valence-corrected chi connectivity index (χ0v) is 11.9. The Morgan fingerprint density at radius 1 is 1.39 bits per heavy atom. The first-order valence-corrected chi connectivity index (χ1v) is 7.56. The third-order valence-electron chi connectivity index (χ3n) is 3.17. The molecule has 0 saturated carbocycles. The minimum atomic E-state index is -0.951. The molecule has 1 heterocycles. The first kappa shape index (κ1) is 15.1. The van der Waals surface area contributed by atoms with Crippen LogP contribution < -0.4 is 0 Å². The third kappa shape index (κ3) is 4.40. The maximum absolute atomic E-state index is 12.4. The second-order valence-corrected chi connectivity index (χ2v) is 5.74. The minimum Gasteiger partial charge on any atom is -0.480 e. The van der Waals surface area contributed by atoms with Gasteiger partial charge in [-0.05, 0) is 25.5 Å². The molecule has 0 radical (unpaired) electrons. The fourth-order valence-electron chi connectivity index (χ4n) is 1.90. The van der Waals surface area contributed by atoms with Crippen molar-refractivity contribution in [2.24, 2.45) is 0 Å². The fraction of sp³-hybridized carbons (Fsp3) is 0.833. The summed E-state index contributed by atoms with van der Waals surface area (Å²) in [5.74, 6) is 1.06. The average Bonchev–Trinajstić information content (AvgIpc) is 2.62. The molecule has 18 heavy (non-hydrogen) atoms. The molecule has 0 aromatic heterocycles. The summed E-state index contributed by atoms with van der Waals surface area (Å²) in [7, 11) is 0. The van der Waals surface area contributed by atoms with Crippen LogP contribution in [0.15, 0.2) is 0 Å². The average molecular weight is 274 g/mol. The number of nitrogens with zero attached hydrogens (tertiary/aromatic N) is 2. The summed E-state index contributed by atoms with van der Waals surface area (Å²) in [6.07, 6.45) is 1.75. The van der Waals surface area contributed by atoms with Crippen molar-refractivity contribution in [2.45, 2.75) is 32.7 Å². The van der Waals surface area contributed by atoms with E-state index in [0.717, 1.165) is 37.4 Å². The maximum Gasteiger partial charge on any atom is 0.323 e. The number of hydrogen-bond donors (Lipinski definition) is 1. The number of carbonyl (C=O) groups is 2. The van der Waals surface area contributed by atoms with Crippen molar-refractivity contribution in [3.63, 3.8) is 0 Å². The first-order chi connectivity index (χ1) is 8.56. The van der Waals surface area contributed by atoms with Crippen LogP contribution in [-0.4, -0.2) is 64.1 Å². The molecule has 104 valence electrons. The van der Waals surface area contributed by atoms with Crippen molar-refractivity contribution in [1.29, 1.82) is 0 Å². The highest BCUT2D eigenvalue weighted by Crippen LogP contribution is 2.14. The number of rotatable bonds is 4. The Bertz CT molecular complexity index is 291. The number of hydrogen-bond acceptors (Lipinski definition) is 3. The van der Waals surface area contributed by atoms with Gasteiger partial charge in [-0.15, -0.1) is 0 Å². The molecule has 5 nitrogen and oxygen atoms in total. The van der Waals surface area contributed by atoms with Gasteiger partial charge in [-0.2, -0.15) is 11.8 Å². The molecular weight excluding hydrogens is 252 g/mol. The summed E-state index contributed by atoms with van der Waals surface area (Å²) in [5, 5.41) is 8.91. The molecule has 1 aliphatic rings. The van der Waals surface area contributed by atoms with Gasteiger partial charge >= 0.3 is 12.0 Å². The fourth-order valence-corrected chi connectivity index (χ4v) is 2.78. The lowest BCUT2D eigenvalue weighted by Crippen LogP contribution is -2.49.